The number of aryl methyl sites for hydroxylation is 1. The number of phenolic OH excluding ortho intramolecular Hbond substituents is 2. The van der Waals surface area contributed by atoms with Crippen molar-refractivity contribution < 1.29 is 24.3 Å². The fourth-order valence-corrected chi connectivity index (χ4v) is 2.83. The van der Waals surface area contributed by atoms with Crippen LogP contribution in [0.2, 0.25) is 0 Å². The average molecular weight is 347 g/mol. The lowest BCUT2D eigenvalue weighted by molar-refractivity contribution is 0.0715. The van der Waals surface area contributed by atoms with E-state index in [4.69, 9.17) is 9.26 Å². The van der Waals surface area contributed by atoms with Gasteiger partial charge in [0.1, 0.15) is 18.1 Å². The number of benzene rings is 1. The molecule has 1 aliphatic heterocycles. The van der Waals surface area contributed by atoms with Gasteiger partial charge in [-0.25, -0.2) is 0 Å². The van der Waals surface area contributed by atoms with Crippen LogP contribution in [0.5, 0.6) is 11.5 Å². The zero-order valence-electron chi connectivity index (χ0n) is 14.0. The van der Waals surface area contributed by atoms with Crippen molar-refractivity contribution in [1.29, 1.82) is 0 Å². The number of aromatic hydroxyl groups is 2. The van der Waals surface area contributed by atoms with Crippen LogP contribution in [0.25, 0.3) is 0 Å². The van der Waals surface area contributed by atoms with E-state index < -0.39 is 0 Å². The average Bonchev–Trinajstić information content (AvgIpc) is 3.24. The fourth-order valence-electron chi connectivity index (χ4n) is 2.83. The van der Waals surface area contributed by atoms with Gasteiger partial charge in [-0.05, 0) is 18.6 Å². The number of ether oxygens (including phenoxy) is 1. The Bertz CT molecular complexity index is 746. The number of hydrogen-bond donors (Lipinski definition) is 2. The van der Waals surface area contributed by atoms with Crippen molar-refractivity contribution in [3.05, 3.63) is 35.5 Å². The van der Waals surface area contributed by atoms with Gasteiger partial charge in [-0.2, -0.15) is 4.98 Å². The van der Waals surface area contributed by atoms with Gasteiger partial charge in [-0.15, -0.1) is 0 Å². The number of aromatic nitrogens is 2. The van der Waals surface area contributed by atoms with Crippen molar-refractivity contribution in [2.24, 2.45) is 5.92 Å². The molecule has 8 nitrogen and oxygen atoms in total. The number of amides is 1. The molecule has 1 unspecified atom stereocenters. The number of carbonyl (C=O) groups excluding carboxylic acids is 1. The molecule has 8 heteroatoms. The molecule has 0 saturated carbocycles. The number of carbonyl (C=O) groups is 1. The van der Waals surface area contributed by atoms with E-state index in [1.807, 2.05) is 6.92 Å². The van der Waals surface area contributed by atoms with Gasteiger partial charge >= 0.3 is 0 Å². The molecule has 134 valence electrons. The molecule has 2 heterocycles. The molecule has 0 aliphatic carbocycles. The third-order valence-corrected chi connectivity index (χ3v) is 4.18. The van der Waals surface area contributed by atoms with Crippen molar-refractivity contribution in [3.63, 3.8) is 0 Å². The van der Waals surface area contributed by atoms with Crippen molar-refractivity contribution in [2.75, 3.05) is 19.7 Å². The normalized spacial score (nSPS) is 17.2. The van der Waals surface area contributed by atoms with Crippen molar-refractivity contribution in [1.82, 2.24) is 15.0 Å². The number of nitrogens with zero attached hydrogens (tertiary/aromatic N) is 3. The number of likely N-dealkylation sites (tertiary alicyclic amines) is 1. The highest BCUT2D eigenvalue weighted by atomic mass is 16.5. The van der Waals surface area contributed by atoms with Crippen LogP contribution in [0.1, 0.15) is 35.4 Å². The maximum Gasteiger partial charge on any atom is 0.257 e. The van der Waals surface area contributed by atoms with E-state index in [0.29, 0.717) is 37.8 Å². The molecule has 1 aliphatic rings. The third-order valence-electron chi connectivity index (χ3n) is 4.18. The van der Waals surface area contributed by atoms with Crippen LogP contribution in [0.3, 0.4) is 0 Å². The SMILES string of the molecule is CCc1nc(COCC2CCN(C(=O)c3ccc(O)cc3O)C2)no1. The van der Waals surface area contributed by atoms with Crippen molar-refractivity contribution >= 4 is 5.91 Å². The van der Waals surface area contributed by atoms with Gasteiger partial charge < -0.3 is 24.4 Å². The van der Waals surface area contributed by atoms with E-state index >= 15 is 0 Å². The number of hydrogen-bond acceptors (Lipinski definition) is 7. The van der Waals surface area contributed by atoms with Gasteiger partial charge in [0.25, 0.3) is 5.91 Å². The van der Waals surface area contributed by atoms with Crippen LogP contribution in [0, 0.1) is 5.92 Å². The Balaban J connectivity index is 1.48. The van der Waals surface area contributed by atoms with Crippen LogP contribution >= 0.6 is 0 Å². The van der Waals surface area contributed by atoms with E-state index in [9.17, 15) is 15.0 Å². The van der Waals surface area contributed by atoms with Gasteiger partial charge in [0.15, 0.2) is 5.82 Å². The zero-order chi connectivity index (χ0) is 17.8. The Kier molecular flexibility index (Phi) is 5.18. The van der Waals surface area contributed by atoms with E-state index in [-0.39, 0.29) is 35.5 Å². The van der Waals surface area contributed by atoms with Gasteiger partial charge in [0, 0.05) is 31.5 Å². The van der Waals surface area contributed by atoms with Gasteiger partial charge in [0.05, 0.1) is 12.2 Å². The summed E-state index contributed by atoms with van der Waals surface area (Å²) in [5.74, 6) is 0.802. The standard InChI is InChI=1S/C17H21N3O5/c1-2-16-18-15(19-25-16)10-24-9-11-5-6-20(8-11)17(23)13-4-3-12(21)7-14(13)22/h3-4,7,11,21-22H,2,5-6,8-10H2,1H3. The lowest BCUT2D eigenvalue weighted by Crippen LogP contribution is -2.29. The molecular weight excluding hydrogens is 326 g/mol. The van der Waals surface area contributed by atoms with Gasteiger partial charge in [0.2, 0.25) is 5.89 Å². The summed E-state index contributed by atoms with van der Waals surface area (Å²) in [6.07, 6.45) is 1.52. The molecule has 2 aromatic rings. The monoisotopic (exact) mass is 347 g/mol. The molecule has 3 rings (SSSR count). The maximum absolute atomic E-state index is 12.5. The first kappa shape index (κ1) is 17.2. The van der Waals surface area contributed by atoms with Gasteiger partial charge in [-0.1, -0.05) is 12.1 Å². The maximum atomic E-state index is 12.5. The molecular formula is C17H21N3O5. The first-order valence-corrected chi connectivity index (χ1v) is 8.27. The highest BCUT2D eigenvalue weighted by Gasteiger charge is 2.28. The summed E-state index contributed by atoms with van der Waals surface area (Å²) in [5.41, 5.74) is 0.193. The molecule has 1 aromatic heterocycles. The van der Waals surface area contributed by atoms with Crippen LogP contribution in [0.4, 0.5) is 0 Å². The minimum atomic E-state index is -0.245. The van der Waals surface area contributed by atoms with E-state index in [0.717, 1.165) is 6.42 Å². The summed E-state index contributed by atoms with van der Waals surface area (Å²) in [7, 11) is 0. The second kappa shape index (κ2) is 7.52. The Hall–Kier alpha value is -2.61. The van der Waals surface area contributed by atoms with Crippen molar-refractivity contribution in [3.8, 4) is 11.5 Å². The van der Waals surface area contributed by atoms with Crippen LogP contribution in [0.15, 0.2) is 22.7 Å². The summed E-state index contributed by atoms with van der Waals surface area (Å²) >= 11 is 0. The molecule has 1 atom stereocenters. The Morgan fingerprint density at radius 3 is 3.00 bits per heavy atom. The summed E-state index contributed by atoms with van der Waals surface area (Å²) in [6.45, 7) is 3.89. The number of rotatable bonds is 6. The largest absolute Gasteiger partial charge is 0.508 e. The summed E-state index contributed by atoms with van der Waals surface area (Å²) in [5, 5.41) is 23.0. The number of phenols is 2. The summed E-state index contributed by atoms with van der Waals surface area (Å²) < 4.78 is 10.6. The highest BCUT2D eigenvalue weighted by molar-refractivity contribution is 5.97. The lowest BCUT2D eigenvalue weighted by Gasteiger charge is -2.17. The van der Waals surface area contributed by atoms with Crippen LogP contribution < -0.4 is 0 Å². The van der Waals surface area contributed by atoms with E-state index in [2.05, 4.69) is 10.1 Å². The molecule has 0 radical (unpaired) electrons. The predicted octanol–water partition coefficient (Wildman–Crippen LogP) is 1.72. The second-order valence-corrected chi connectivity index (χ2v) is 6.08. The topological polar surface area (TPSA) is 109 Å². The molecule has 0 spiro atoms. The second-order valence-electron chi connectivity index (χ2n) is 6.08. The Morgan fingerprint density at radius 2 is 2.28 bits per heavy atom. The molecule has 1 aromatic carbocycles. The van der Waals surface area contributed by atoms with Crippen LogP contribution in [-0.4, -0.2) is 50.9 Å². The summed E-state index contributed by atoms with van der Waals surface area (Å²) in [6, 6.07) is 3.98. The minimum Gasteiger partial charge on any atom is -0.508 e. The summed E-state index contributed by atoms with van der Waals surface area (Å²) in [4.78, 5) is 18.3. The predicted molar refractivity (Wildman–Crippen MR) is 87.1 cm³/mol. The van der Waals surface area contributed by atoms with Crippen molar-refractivity contribution in [2.45, 2.75) is 26.4 Å². The smallest absolute Gasteiger partial charge is 0.257 e. The lowest BCUT2D eigenvalue weighted by atomic mass is 10.1. The Labute approximate surface area is 145 Å². The Morgan fingerprint density at radius 1 is 1.44 bits per heavy atom. The first-order chi connectivity index (χ1) is 12.1. The quantitative estimate of drug-likeness (QED) is 0.819. The molecule has 25 heavy (non-hydrogen) atoms. The minimum absolute atomic E-state index is 0.0746. The molecule has 1 amide bonds. The third kappa shape index (κ3) is 4.08. The van der Waals surface area contributed by atoms with Crippen LogP contribution in [-0.2, 0) is 17.8 Å². The molecule has 0 bridgehead atoms. The fraction of sp³-hybridized carbons (Fsp3) is 0.471. The first-order valence-electron chi connectivity index (χ1n) is 8.27. The van der Waals surface area contributed by atoms with E-state index in [1.54, 1.807) is 4.90 Å². The zero-order valence-corrected chi connectivity index (χ0v) is 14.0. The van der Waals surface area contributed by atoms with Gasteiger partial charge in [-0.3, -0.25) is 4.79 Å². The van der Waals surface area contributed by atoms with E-state index in [1.165, 1.54) is 18.2 Å². The molecule has 1 fully saturated rings. The highest BCUT2D eigenvalue weighted by Crippen LogP contribution is 2.26. The molecule has 1 saturated heterocycles. The molecule has 2 N–H and O–H groups in total.